The van der Waals surface area contributed by atoms with Gasteiger partial charge in [0.15, 0.2) is 5.82 Å². The van der Waals surface area contributed by atoms with Gasteiger partial charge in [-0.3, -0.25) is 9.89 Å². The number of hydrogen-bond acceptors (Lipinski definition) is 7. The van der Waals surface area contributed by atoms with Gasteiger partial charge in [-0.15, -0.1) is 0 Å². The lowest BCUT2D eigenvalue weighted by molar-refractivity contribution is -0.127. The standard InChI is InChI=1S/C22H24FN7O2/c1-13-10-32-7-6-29(13)17-8-16(30-5-3-22(21(30)31)11-24-12-22)18-14(23)9-25-19(20(18)27-17)15-2-4-26-28-15/h2,4,8-9,13,24H,3,5-7,10-12H2,1H3,(H,26,28)/t13-/m1/s1. The average Bonchev–Trinajstić information content (AvgIpc) is 3.41. The van der Waals surface area contributed by atoms with E-state index in [9.17, 15) is 4.79 Å². The van der Waals surface area contributed by atoms with E-state index in [1.165, 1.54) is 6.20 Å². The van der Waals surface area contributed by atoms with Gasteiger partial charge < -0.3 is 19.9 Å². The molecule has 3 aromatic rings. The summed E-state index contributed by atoms with van der Waals surface area (Å²) in [6.45, 7) is 5.81. The summed E-state index contributed by atoms with van der Waals surface area (Å²) in [5, 5.41) is 10.4. The Kier molecular flexibility index (Phi) is 4.41. The number of fused-ring (bicyclic) bond motifs is 1. The summed E-state index contributed by atoms with van der Waals surface area (Å²) >= 11 is 0. The molecule has 3 aliphatic heterocycles. The maximum Gasteiger partial charge on any atom is 0.235 e. The minimum absolute atomic E-state index is 0.0454. The van der Waals surface area contributed by atoms with Gasteiger partial charge in [0.05, 0.1) is 47.6 Å². The molecule has 0 aromatic carbocycles. The second-order valence-corrected chi connectivity index (χ2v) is 8.86. The Balaban J connectivity index is 1.58. The zero-order valence-electron chi connectivity index (χ0n) is 17.8. The number of rotatable bonds is 3. The predicted octanol–water partition coefficient (Wildman–Crippen LogP) is 1.71. The number of carbonyl (C=O) groups is 1. The third-order valence-electron chi connectivity index (χ3n) is 6.90. The Morgan fingerprint density at radius 2 is 2.19 bits per heavy atom. The maximum absolute atomic E-state index is 15.3. The van der Waals surface area contributed by atoms with Crippen molar-refractivity contribution < 1.29 is 13.9 Å². The molecule has 9 nitrogen and oxygen atoms in total. The van der Waals surface area contributed by atoms with Crippen LogP contribution in [-0.4, -0.2) is 71.5 Å². The molecular formula is C22H24FN7O2. The van der Waals surface area contributed by atoms with Gasteiger partial charge >= 0.3 is 0 Å². The zero-order valence-corrected chi connectivity index (χ0v) is 17.8. The Hall–Kier alpha value is -3.11. The second-order valence-electron chi connectivity index (χ2n) is 8.86. The first-order valence-electron chi connectivity index (χ1n) is 10.9. The van der Waals surface area contributed by atoms with Crippen LogP contribution in [0.5, 0.6) is 0 Å². The molecule has 32 heavy (non-hydrogen) atoms. The lowest BCUT2D eigenvalue weighted by Gasteiger charge is -2.37. The number of pyridine rings is 2. The van der Waals surface area contributed by atoms with Crippen LogP contribution >= 0.6 is 0 Å². The third-order valence-corrected chi connectivity index (χ3v) is 6.90. The van der Waals surface area contributed by atoms with Crippen LogP contribution in [0.15, 0.2) is 24.5 Å². The average molecular weight is 437 g/mol. The van der Waals surface area contributed by atoms with Crippen molar-refractivity contribution in [2.75, 3.05) is 49.2 Å². The summed E-state index contributed by atoms with van der Waals surface area (Å²) in [5.41, 5.74) is 1.75. The van der Waals surface area contributed by atoms with Gasteiger partial charge in [0.25, 0.3) is 0 Å². The van der Waals surface area contributed by atoms with Gasteiger partial charge in [0.2, 0.25) is 5.91 Å². The molecule has 6 rings (SSSR count). The van der Waals surface area contributed by atoms with Crippen LogP contribution in [0.4, 0.5) is 15.9 Å². The number of anilines is 2. The van der Waals surface area contributed by atoms with E-state index in [2.05, 4.69) is 32.3 Å². The van der Waals surface area contributed by atoms with E-state index in [0.29, 0.717) is 73.2 Å². The molecule has 0 aliphatic carbocycles. The maximum atomic E-state index is 15.3. The fourth-order valence-corrected chi connectivity index (χ4v) is 4.99. The van der Waals surface area contributed by atoms with Crippen molar-refractivity contribution in [3.05, 3.63) is 30.3 Å². The van der Waals surface area contributed by atoms with E-state index in [1.54, 1.807) is 17.2 Å². The molecule has 0 radical (unpaired) electrons. The number of carbonyl (C=O) groups excluding carboxylic acids is 1. The van der Waals surface area contributed by atoms with E-state index in [1.807, 2.05) is 6.07 Å². The first-order valence-corrected chi connectivity index (χ1v) is 10.9. The Morgan fingerprint density at radius 1 is 1.31 bits per heavy atom. The van der Waals surface area contributed by atoms with E-state index < -0.39 is 5.82 Å². The molecule has 3 fully saturated rings. The number of halogens is 1. The second kappa shape index (κ2) is 7.21. The molecule has 0 unspecified atom stereocenters. The number of nitrogens with one attached hydrogen (secondary N) is 2. The topological polar surface area (TPSA) is 99.3 Å². The predicted molar refractivity (Wildman–Crippen MR) is 117 cm³/mol. The molecule has 2 N–H and O–H groups in total. The van der Waals surface area contributed by atoms with Crippen LogP contribution in [-0.2, 0) is 9.53 Å². The molecular weight excluding hydrogens is 413 g/mol. The number of aromatic amines is 1. The highest BCUT2D eigenvalue weighted by Crippen LogP contribution is 2.43. The molecule has 6 heterocycles. The molecule has 1 atom stereocenters. The van der Waals surface area contributed by atoms with Crippen LogP contribution in [0.3, 0.4) is 0 Å². The molecule has 0 saturated carbocycles. The van der Waals surface area contributed by atoms with Crippen molar-refractivity contribution in [1.82, 2.24) is 25.5 Å². The molecule has 0 bridgehead atoms. The lowest BCUT2D eigenvalue weighted by Crippen LogP contribution is -2.57. The van der Waals surface area contributed by atoms with Crippen molar-refractivity contribution in [2.45, 2.75) is 19.4 Å². The molecule has 3 aliphatic rings. The minimum Gasteiger partial charge on any atom is -0.377 e. The fourth-order valence-electron chi connectivity index (χ4n) is 4.99. The largest absolute Gasteiger partial charge is 0.377 e. The summed E-state index contributed by atoms with van der Waals surface area (Å²) in [4.78, 5) is 26.5. The van der Waals surface area contributed by atoms with E-state index in [-0.39, 0.29) is 17.4 Å². The van der Waals surface area contributed by atoms with Crippen molar-refractivity contribution in [1.29, 1.82) is 0 Å². The van der Waals surface area contributed by atoms with Gasteiger partial charge in [-0.05, 0) is 19.4 Å². The first-order chi connectivity index (χ1) is 15.6. The minimum atomic E-state index is -0.493. The van der Waals surface area contributed by atoms with Crippen molar-refractivity contribution in [2.24, 2.45) is 5.41 Å². The van der Waals surface area contributed by atoms with Crippen LogP contribution in [0, 0.1) is 11.2 Å². The normalized spacial score (nSPS) is 22.7. The fraction of sp³-hybridized carbons (Fsp3) is 0.455. The number of amides is 1. The van der Waals surface area contributed by atoms with E-state index >= 15 is 4.39 Å². The Labute approximate surface area is 184 Å². The van der Waals surface area contributed by atoms with Gasteiger partial charge in [0, 0.05) is 38.4 Å². The van der Waals surface area contributed by atoms with Crippen LogP contribution in [0.2, 0.25) is 0 Å². The van der Waals surface area contributed by atoms with Crippen molar-refractivity contribution in [3.63, 3.8) is 0 Å². The molecule has 3 saturated heterocycles. The first kappa shape index (κ1) is 19.6. The lowest BCUT2D eigenvalue weighted by atomic mass is 9.80. The molecule has 166 valence electrons. The molecule has 1 spiro atoms. The molecule has 3 aromatic heterocycles. The van der Waals surface area contributed by atoms with Gasteiger partial charge in [-0.1, -0.05) is 0 Å². The van der Waals surface area contributed by atoms with Crippen LogP contribution < -0.4 is 15.1 Å². The van der Waals surface area contributed by atoms with Crippen LogP contribution in [0.25, 0.3) is 22.3 Å². The Morgan fingerprint density at radius 3 is 2.88 bits per heavy atom. The number of nitrogens with zero attached hydrogens (tertiary/aromatic N) is 5. The third kappa shape index (κ3) is 2.82. The van der Waals surface area contributed by atoms with Crippen LogP contribution in [0.1, 0.15) is 13.3 Å². The van der Waals surface area contributed by atoms with Gasteiger partial charge in [-0.2, -0.15) is 5.10 Å². The van der Waals surface area contributed by atoms with E-state index in [0.717, 1.165) is 6.42 Å². The summed E-state index contributed by atoms with van der Waals surface area (Å²) in [6, 6.07) is 3.74. The number of morpholine rings is 1. The summed E-state index contributed by atoms with van der Waals surface area (Å²) < 4.78 is 20.9. The van der Waals surface area contributed by atoms with Gasteiger partial charge in [-0.25, -0.2) is 14.4 Å². The summed E-state index contributed by atoms with van der Waals surface area (Å²) in [5.74, 6) is 0.244. The highest BCUT2D eigenvalue weighted by Gasteiger charge is 2.51. The SMILES string of the molecule is C[C@@H]1COCCN1c1cc(N2CCC3(CNC3)C2=O)c2c(F)cnc(-c3ccn[nH]3)c2n1. The van der Waals surface area contributed by atoms with Crippen molar-refractivity contribution >= 4 is 28.3 Å². The monoisotopic (exact) mass is 437 g/mol. The molecule has 1 amide bonds. The summed E-state index contributed by atoms with van der Waals surface area (Å²) in [6.07, 6.45) is 3.58. The van der Waals surface area contributed by atoms with E-state index in [4.69, 9.17) is 9.72 Å². The highest BCUT2D eigenvalue weighted by atomic mass is 19.1. The van der Waals surface area contributed by atoms with Gasteiger partial charge in [0.1, 0.15) is 17.0 Å². The Bertz CT molecular complexity index is 1190. The molecule has 10 heteroatoms. The zero-order chi connectivity index (χ0) is 21.9. The number of aromatic nitrogens is 4. The number of ether oxygens (including phenoxy) is 1. The number of H-pyrrole nitrogens is 1. The van der Waals surface area contributed by atoms with Crippen molar-refractivity contribution in [3.8, 4) is 11.4 Å². The summed E-state index contributed by atoms with van der Waals surface area (Å²) in [7, 11) is 0. The highest BCUT2D eigenvalue weighted by molar-refractivity contribution is 6.09. The smallest absolute Gasteiger partial charge is 0.235 e. The number of hydrogen-bond donors (Lipinski definition) is 2. The quantitative estimate of drug-likeness (QED) is 0.644.